The van der Waals surface area contributed by atoms with Crippen LogP contribution in [0, 0.1) is 24.2 Å². The molecule has 1 unspecified atom stereocenters. The van der Waals surface area contributed by atoms with Crippen molar-refractivity contribution in [3.8, 4) is 17.6 Å². The molecule has 1 atom stereocenters. The number of benzene rings is 2. The molecule has 5 nitrogen and oxygen atoms in total. The van der Waals surface area contributed by atoms with Gasteiger partial charge in [0.15, 0.2) is 11.5 Å². The highest BCUT2D eigenvalue weighted by Crippen LogP contribution is 2.27. The number of phenolic OH excluding ortho intramolecular Hbond substituents is 1. The summed E-state index contributed by atoms with van der Waals surface area (Å²) in [5.74, 6) is -0.845. The molecule has 0 aliphatic carbocycles. The highest BCUT2D eigenvalue weighted by Gasteiger charge is 2.19. The van der Waals surface area contributed by atoms with E-state index < -0.39 is 5.92 Å². The number of nitrogens with one attached hydrogen (secondary N) is 1. The first kappa shape index (κ1) is 16.4. The molecule has 2 aromatic rings. The van der Waals surface area contributed by atoms with Gasteiger partial charge >= 0.3 is 0 Å². The predicted molar refractivity (Wildman–Crippen MR) is 87.3 cm³/mol. The maximum absolute atomic E-state index is 12.3. The Morgan fingerprint density at radius 1 is 1.35 bits per heavy atom. The first-order valence-electron chi connectivity index (χ1n) is 7.16. The minimum Gasteiger partial charge on any atom is -0.504 e. The van der Waals surface area contributed by atoms with E-state index in [2.05, 4.69) is 5.32 Å². The van der Waals surface area contributed by atoms with Crippen LogP contribution in [0.3, 0.4) is 0 Å². The standard InChI is InChI=1S/C18H18N2O3/c1-12-4-3-5-15(8-12)20-18(22)14(11-19)9-13-6-7-16(21)17(10-13)23-2/h3-8,10,14,21H,9H2,1-2H3,(H,20,22). The third kappa shape index (κ3) is 4.24. The second-order valence-corrected chi connectivity index (χ2v) is 5.25. The van der Waals surface area contributed by atoms with Gasteiger partial charge in [-0.1, -0.05) is 18.2 Å². The van der Waals surface area contributed by atoms with Crippen LogP contribution in [0.25, 0.3) is 0 Å². The molecule has 2 N–H and O–H groups in total. The normalized spacial score (nSPS) is 11.3. The van der Waals surface area contributed by atoms with Crippen LogP contribution in [0.2, 0.25) is 0 Å². The summed E-state index contributed by atoms with van der Waals surface area (Å²) in [5.41, 5.74) is 2.43. The number of phenols is 1. The third-order valence-electron chi connectivity index (χ3n) is 3.44. The maximum Gasteiger partial charge on any atom is 0.242 e. The Hall–Kier alpha value is -3.00. The lowest BCUT2D eigenvalue weighted by atomic mass is 9.99. The number of ether oxygens (including phenoxy) is 1. The van der Waals surface area contributed by atoms with Gasteiger partial charge in [0, 0.05) is 5.69 Å². The van der Waals surface area contributed by atoms with E-state index in [4.69, 9.17) is 4.74 Å². The van der Waals surface area contributed by atoms with E-state index in [0.29, 0.717) is 11.4 Å². The van der Waals surface area contributed by atoms with Crippen molar-refractivity contribution in [1.29, 1.82) is 5.26 Å². The van der Waals surface area contributed by atoms with Gasteiger partial charge in [0.25, 0.3) is 0 Å². The van der Waals surface area contributed by atoms with Crippen LogP contribution in [0.4, 0.5) is 5.69 Å². The molecule has 0 spiro atoms. The van der Waals surface area contributed by atoms with Crippen LogP contribution in [-0.4, -0.2) is 18.1 Å². The van der Waals surface area contributed by atoms with Crippen molar-refractivity contribution in [2.24, 2.45) is 5.92 Å². The molecule has 0 heterocycles. The average Bonchev–Trinajstić information content (AvgIpc) is 2.53. The largest absolute Gasteiger partial charge is 0.504 e. The van der Waals surface area contributed by atoms with Crippen molar-refractivity contribution in [2.75, 3.05) is 12.4 Å². The number of hydrogen-bond donors (Lipinski definition) is 2. The molecule has 5 heteroatoms. The predicted octanol–water partition coefficient (Wildman–Crippen LogP) is 3.03. The molecule has 0 bridgehead atoms. The van der Waals surface area contributed by atoms with Crippen molar-refractivity contribution in [3.05, 3.63) is 53.6 Å². The molecule has 118 valence electrons. The fourth-order valence-corrected chi connectivity index (χ4v) is 2.23. The van der Waals surface area contributed by atoms with Gasteiger partial charge in [-0.25, -0.2) is 0 Å². The molecule has 0 saturated carbocycles. The molecule has 2 rings (SSSR count). The minimum absolute atomic E-state index is 0.0222. The smallest absolute Gasteiger partial charge is 0.242 e. The Kier molecular flexibility index (Phi) is 5.21. The lowest BCUT2D eigenvalue weighted by Crippen LogP contribution is -2.23. The molecule has 0 fully saturated rings. The highest BCUT2D eigenvalue weighted by atomic mass is 16.5. The Bertz CT molecular complexity index is 750. The van der Waals surface area contributed by atoms with Crippen molar-refractivity contribution < 1.29 is 14.6 Å². The molecular weight excluding hydrogens is 292 g/mol. The fourth-order valence-electron chi connectivity index (χ4n) is 2.23. The van der Waals surface area contributed by atoms with Crippen LogP contribution < -0.4 is 10.1 Å². The van der Waals surface area contributed by atoms with Gasteiger partial charge in [0.2, 0.25) is 5.91 Å². The summed E-state index contributed by atoms with van der Waals surface area (Å²) >= 11 is 0. The lowest BCUT2D eigenvalue weighted by molar-refractivity contribution is -0.118. The van der Waals surface area contributed by atoms with Gasteiger partial charge in [0.1, 0.15) is 5.92 Å². The third-order valence-corrected chi connectivity index (χ3v) is 3.44. The topological polar surface area (TPSA) is 82.3 Å². The first-order chi connectivity index (χ1) is 11.0. The summed E-state index contributed by atoms with van der Waals surface area (Å²) in [7, 11) is 1.45. The number of nitriles is 1. The van der Waals surface area contributed by atoms with Gasteiger partial charge in [-0.2, -0.15) is 5.26 Å². The summed E-state index contributed by atoms with van der Waals surface area (Å²) in [5, 5.41) is 21.6. The second kappa shape index (κ2) is 7.32. The van der Waals surface area contributed by atoms with Gasteiger partial charge in [0.05, 0.1) is 13.2 Å². The number of amides is 1. The van der Waals surface area contributed by atoms with Gasteiger partial charge in [-0.05, 0) is 48.7 Å². The van der Waals surface area contributed by atoms with E-state index >= 15 is 0 Å². The zero-order valence-corrected chi connectivity index (χ0v) is 13.0. The number of methoxy groups -OCH3 is 1. The Balaban J connectivity index is 2.10. The summed E-state index contributed by atoms with van der Waals surface area (Å²) < 4.78 is 5.04. The summed E-state index contributed by atoms with van der Waals surface area (Å²) in [6.45, 7) is 1.93. The van der Waals surface area contributed by atoms with Gasteiger partial charge in [-0.3, -0.25) is 4.79 Å². The Morgan fingerprint density at radius 3 is 2.78 bits per heavy atom. The van der Waals surface area contributed by atoms with Crippen LogP contribution in [0.5, 0.6) is 11.5 Å². The Labute approximate surface area is 135 Å². The maximum atomic E-state index is 12.3. The van der Waals surface area contributed by atoms with Crippen molar-refractivity contribution >= 4 is 11.6 Å². The minimum atomic E-state index is -0.829. The zero-order chi connectivity index (χ0) is 16.8. The number of aryl methyl sites for hydroxylation is 1. The summed E-state index contributed by atoms with van der Waals surface area (Å²) in [6, 6.07) is 14.2. The van der Waals surface area contributed by atoms with E-state index in [1.807, 2.05) is 31.2 Å². The number of nitrogens with zero attached hydrogens (tertiary/aromatic N) is 1. The molecule has 23 heavy (non-hydrogen) atoms. The molecule has 0 saturated heterocycles. The summed E-state index contributed by atoms with van der Waals surface area (Å²) in [6.07, 6.45) is 0.241. The van der Waals surface area contributed by atoms with Crippen LogP contribution in [-0.2, 0) is 11.2 Å². The SMILES string of the molecule is COc1cc(CC(C#N)C(=O)Nc2cccc(C)c2)ccc1O. The number of hydrogen-bond acceptors (Lipinski definition) is 4. The second-order valence-electron chi connectivity index (χ2n) is 5.25. The van der Waals surface area contributed by atoms with E-state index in [0.717, 1.165) is 11.1 Å². The van der Waals surface area contributed by atoms with Gasteiger partial charge in [-0.15, -0.1) is 0 Å². The molecular formula is C18H18N2O3. The quantitative estimate of drug-likeness (QED) is 0.889. The van der Waals surface area contributed by atoms with Crippen LogP contribution >= 0.6 is 0 Å². The van der Waals surface area contributed by atoms with Crippen molar-refractivity contribution in [2.45, 2.75) is 13.3 Å². The highest BCUT2D eigenvalue weighted by molar-refractivity contribution is 5.94. The number of carbonyl (C=O) groups is 1. The molecule has 0 radical (unpaired) electrons. The summed E-state index contributed by atoms with van der Waals surface area (Å²) in [4.78, 5) is 12.3. The fraction of sp³-hybridized carbons (Fsp3) is 0.222. The molecule has 0 aliphatic rings. The lowest BCUT2D eigenvalue weighted by Gasteiger charge is -2.12. The van der Waals surface area contributed by atoms with Crippen molar-refractivity contribution in [3.63, 3.8) is 0 Å². The van der Waals surface area contributed by atoms with Crippen LogP contribution in [0.1, 0.15) is 11.1 Å². The monoisotopic (exact) mass is 310 g/mol. The van der Waals surface area contributed by atoms with E-state index in [1.165, 1.54) is 13.2 Å². The zero-order valence-electron chi connectivity index (χ0n) is 13.0. The first-order valence-corrected chi connectivity index (χ1v) is 7.16. The molecule has 2 aromatic carbocycles. The van der Waals surface area contributed by atoms with Crippen LogP contribution in [0.15, 0.2) is 42.5 Å². The molecule has 0 aromatic heterocycles. The molecule has 0 aliphatic heterocycles. The molecule has 1 amide bonds. The average molecular weight is 310 g/mol. The Morgan fingerprint density at radius 2 is 2.13 bits per heavy atom. The van der Waals surface area contributed by atoms with E-state index in [1.54, 1.807) is 18.2 Å². The van der Waals surface area contributed by atoms with Crippen molar-refractivity contribution in [1.82, 2.24) is 0 Å². The number of rotatable bonds is 5. The number of carbonyl (C=O) groups excluding carboxylic acids is 1. The van der Waals surface area contributed by atoms with E-state index in [9.17, 15) is 15.2 Å². The number of anilines is 1. The van der Waals surface area contributed by atoms with E-state index in [-0.39, 0.29) is 18.1 Å². The van der Waals surface area contributed by atoms with Gasteiger partial charge < -0.3 is 15.2 Å². The number of aromatic hydroxyl groups is 1.